The van der Waals surface area contributed by atoms with Crippen LogP contribution in [0.5, 0.6) is 0 Å². The molecule has 1 N–H and O–H groups in total. The van der Waals surface area contributed by atoms with Crippen LogP contribution in [0, 0.1) is 0 Å². The van der Waals surface area contributed by atoms with Crippen LogP contribution in [0.3, 0.4) is 0 Å². The molecule has 6 nitrogen and oxygen atoms in total. The van der Waals surface area contributed by atoms with Crippen LogP contribution in [0.1, 0.15) is 29.1 Å². The Balaban J connectivity index is 1.69. The third-order valence-corrected chi connectivity index (χ3v) is 3.60. The van der Waals surface area contributed by atoms with Gasteiger partial charge < -0.3 is 19.4 Å². The highest BCUT2D eigenvalue weighted by atomic mass is 16.5. The first kappa shape index (κ1) is 14.6. The number of amides is 1. The number of carbonyl (C=O) groups is 1. The Kier molecular flexibility index (Phi) is 4.39. The molecular weight excluding hydrogens is 282 g/mol. The fourth-order valence-corrected chi connectivity index (χ4v) is 2.47. The molecule has 1 fully saturated rings. The molecule has 1 unspecified atom stereocenters. The summed E-state index contributed by atoms with van der Waals surface area (Å²) in [5.41, 5.74) is 0.571. The van der Waals surface area contributed by atoms with Gasteiger partial charge in [0.25, 0.3) is 5.91 Å². The standard InChI is InChI=1S/C16H19N3O3/c1-2-17-16(20)12-5-6-15(18-10-12)19-7-9-22-14(11-19)13-4-3-8-21-13/h3-6,8,10,14H,2,7,9,11H2,1H3,(H,17,20). The van der Waals surface area contributed by atoms with Crippen molar-refractivity contribution in [2.75, 3.05) is 31.1 Å². The van der Waals surface area contributed by atoms with Gasteiger partial charge in [-0.2, -0.15) is 0 Å². The predicted octanol–water partition coefficient (Wildman–Crippen LogP) is 2.00. The number of hydrogen-bond donors (Lipinski definition) is 1. The molecule has 0 aromatic carbocycles. The topological polar surface area (TPSA) is 67.6 Å². The highest BCUT2D eigenvalue weighted by Crippen LogP contribution is 2.25. The number of ether oxygens (including phenoxy) is 1. The molecule has 0 saturated carbocycles. The Morgan fingerprint density at radius 2 is 2.36 bits per heavy atom. The lowest BCUT2D eigenvalue weighted by Gasteiger charge is -2.32. The van der Waals surface area contributed by atoms with Crippen LogP contribution >= 0.6 is 0 Å². The van der Waals surface area contributed by atoms with E-state index in [9.17, 15) is 4.79 Å². The summed E-state index contributed by atoms with van der Waals surface area (Å²) in [5.74, 6) is 1.56. The minimum Gasteiger partial charge on any atom is -0.467 e. The minimum atomic E-state index is -0.100. The molecular formula is C16H19N3O3. The second-order valence-corrected chi connectivity index (χ2v) is 5.09. The quantitative estimate of drug-likeness (QED) is 0.935. The maximum atomic E-state index is 11.7. The van der Waals surface area contributed by atoms with Crippen molar-refractivity contribution in [1.29, 1.82) is 0 Å². The molecule has 1 amide bonds. The number of pyridine rings is 1. The van der Waals surface area contributed by atoms with Crippen molar-refractivity contribution in [2.24, 2.45) is 0 Å². The zero-order valence-electron chi connectivity index (χ0n) is 12.5. The molecule has 3 heterocycles. The number of nitrogens with zero attached hydrogens (tertiary/aromatic N) is 2. The van der Waals surface area contributed by atoms with Crippen molar-refractivity contribution < 1.29 is 13.9 Å². The van der Waals surface area contributed by atoms with Crippen molar-refractivity contribution in [3.05, 3.63) is 48.0 Å². The van der Waals surface area contributed by atoms with Crippen LogP contribution in [-0.2, 0) is 4.74 Å². The Hall–Kier alpha value is -2.34. The molecule has 1 saturated heterocycles. The number of hydrogen-bond acceptors (Lipinski definition) is 5. The molecule has 0 radical (unpaired) electrons. The summed E-state index contributed by atoms with van der Waals surface area (Å²) in [6.45, 7) is 4.56. The zero-order valence-corrected chi connectivity index (χ0v) is 12.5. The van der Waals surface area contributed by atoms with E-state index in [2.05, 4.69) is 15.2 Å². The first-order valence-electron chi connectivity index (χ1n) is 7.42. The van der Waals surface area contributed by atoms with Crippen molar-refractivity contribution in [2.45, 2.75) is 13.0 Å². The van der Waals surface area contributed by atoms with E-state index in [0.29, 0.717) is 25.3 Å². The highest BCUT2D eigenvalue weighted by molar-refractivity contribution is 5.93. The van der Waals surface area contributed by atoms with Crippen LogP contribution in [0.15, 0.2) is 41.1 Å². The lowest BCUT2D eigenvalue weighted by molar-refractivity contribution is 0.0255. The molecule has 1 aliphatic rings. The first-order chi connectivity index (χ1) is 10.8. The van der Waals surface area contributed by atoms with Crippen LogP contribution in [-0.4, -0.2) is 37.1 Å². The van der Waals surface area contributed by atoms with Gasteiger partial charge in [0.1, 0.15) is 17.7 Å². The molecule has 116 valence electrons. The average Bonchev–Trinajstić information content (AvgIpc) is 3.10. The fraction of sp³-hybridized carbons (Fsp3) is 0.375. The Morgan fingerprint density at radius 1 is 1.45 bits per heavy atom. The minimum absolute atomic E-state index is 0.0892. The monoisotopic (exact) mass is 301 g/mol. The molecule has 1 aliphatic heterocycles. The highest BCUT2D eigenvalue weighted by Gasteiger charge is 2.24. The number of anilines is 1. The Labute approximate surface area is 129 Å². The summed E-state index contributed by atoms with van der Waals surface area (Å²) in [6, 6.07) is 7.44. The van der Waals surface area contributed by atoms with Crippen molar-refractivity contribution in [1.82, 2.24) is 10.3 Å². The van der Waals surface area contributed by atoms with Gasteiger partial charge in [0, 0.05) is 19.3 Å². The molecule has 2 aromatic rings. The summed E-state index contributed by atoms with van der Waals surface area (Å²) in [7, 11) is 0. The largest absolute Gasteiger partial charge is 0.467 e. The maximum Gasteiger partial charge on any atom is 0.252 e. The molecule has 0 spiro atoms. The molecule has 0 bridgehead atoms. The number of carbonyl (C=O) groups excluding carboxylic acids is 1. The fourth-order valence-electron chi connectivity index (χ4n) is 2.47. The van der Waals surface area contributed by atoms with E-state index in [1.165, 1.54) is 0 Å². The molecule has 1 atom stereocenters. The van der Waals surface area contributed by atoms with E-state index in [-0.39, 0.29) is 12.0 Å². The first-order valence-corrected chi connectivity index (χ1v) is 7.42. The van der Waals surface area contributed by atoms with E-state index in [0.717, 1.165) is 18.1 Å². The van der Waals surface area contributed by atoms with Gasteiger partial charge in [0.15, 0.2) is 0 Å². The third kappa shape index (κ3) is 3.12. The van der Waals surface area contributed by atoms with Crippen LogP contribution in [0.4, 0.5) is 5.82 Å². The SMILES string of the molecule is CCNC(=O)c1ccc(N2CCOC(c3ccco3)C2)nc1. The van der Waals surface area contributed by atoms with Crippen molar-refractivity contribution >= 4 is 11.7 Å². The lowest BCUT2D eigenvalue weighted by Crippen LogP contribution is -2.38. The Morgan fingerprint density at radius 3 is 3.05 bits per heavy atom. The number of furan rings is 1. The van der Waals surface area contributed by atoms with E-state index < -0.39 is 0 Å². The molecule has 3 rings (SSSR count). The Bertz CT molecular complexity index is 610. The molecule has 6 heteroatoms. The second-order valence-electron chi connectivity index (χ2n) is 5.09. The average molecular weight is 301 g/mol. The number of morpholine rings is 1. The van der Waals surface area contributed by atoms with Gasteiger partial charge in [-0.25, -0.2) is 4.98 Å². The van der Waals surface area contributed by atoms with Crippen LogP contribution in [0.25, 0.3) is 0 Å². The zero-order chi connectivity index (χ0) is 15.4. The lowest BCUT2D eigenvalue weighted by atomic mass is 10.2. The van der Waals surface area contributed by atoms with Gasteiger partial charge in [-0.05, 0) is 31.2 Å². The van der Waals surface area contributed by atoms with Crippen molar-refractivity contribution in [3.63, 3.8) is 0 Å². The van der Waals surface area contributed by atoms with Gasteiger partial charge in [-0.15, -0.1) is 0 Å². The summed E-state index contributed by atoms with van der Waals surface area (Å²) in [5, 5.41) is 2.76. The normalized spacial score (nSPS) is 18.2. The van der Waals surface area contributed by atoms with Gasteiger partial charge in [0.05, 0.1) is 25.0 Å². The third-order valence-electron chi connectivity index (χ3n) is 3.60. The summed E-state index contributed by atoms with van der Waals surface area (Å²) >= 11 is 0. The van der Waals surface area contributed by atoms with E-state index in [4.69, 9.17) is 9.15 Å². The molecule has 22 heavy (non-hydrogen) atoms. The smallest absolute Gasteiger partial charge is 0.252 e. The van der Waals surface area contributed by atoms with Crippen LogP contribution in [0.2, 0.25) is 0 Å². The summed E-state index contributed by atoms with van der Waals surface area (Å²) in [4.78, 5) is 18.3. The number of nitrogens with one attached hydrogen (secondary N) is 1. The van der Waals surface area contributed by atoms with Crippen molar-refractivity contribution in [3.8, 4) is 0 Å². The van der Waals surface area contributed by atoms with Gasteiger partial charge in [-0.1, -0.05) is 0 Å². The van der Waals surface area contributed by atoms with Gasteiger partial charge >= 0.3 is 0 Å². The maximum absolute atomic E-state index is 11.7. The second kappa shape index (κ2) is 6.62. The summed E-state index contributed by atoms with van der Waals surface area (Å²) < 4.78 is 11.2. The number of rotatable bonds is 4. The molecule has 0 aliphatic carbocycles. The van der Waals surface area contributed by atoms with E-state index in [1.54, 1.807) is 18.5 Å². The van der Waals surface area contributed by atoms with Gasteiger partial charge in [0.2, 0.25) is 0 Å². The van der Waals surface area contributed by atoms with E-state index in [1.807, 2.05) is 25.1 Å². The summed E-state index contributed by atoms with van der Waals surface area (Å²) in [6.07, 6.45) is 3.17. The predicted molar refractivity (Wildman–Crippen MR) is 81.9 cm³/mol. The van der Waals surface area contributed by atoms with Gasteiger partial charge in [-0.3, -0.25) is 4.79 Å². The molecule has 2 aromatic heterocycles. The van der Waals surface area contributed by atoms with Crippen LogP contribution < -0.4 is 10.2 Å². The van der Waals surface area contributed by atoms with E-state index >= 15 is 0 Å². The number of aromatic nitrogens is 1.